The number of carbonyl (C=O) groups excluding carboxylic acids is 4. The molecule has 1 saturated carbocycles. The molecule has 3 aromatic carbocycles. The summed E-state index contributed by atoms with van der Waals surface area (Å²) in [4.78, 5) is 70.0. The highest BCUT2D eigenvalue weighted by molar-refractivity contribution is 6.30. The molecule has 0 radical (unpaired) electrons. The van der Waals surface area contributed by atoms with Crippen molar-refractivity contribution in [1.29, 1.82) is 0 Å². The summed E-state index contributed by atoms with van der Waals surface area (Å²) in [5.41, 5.74) is 3.37. The van der Waals surface area contributed by atoms with Crippen molar-refractivity contribution in [2.24, 2.45) is 23.7 Å². The lowest BCUT2D eigenvalue weighted by Crippen LogP contribution is -2.53. The van der Waals surface area contributed by atoms with Gasteiger partial charge in [-0.3, -0.25) is 34.3 Å². The number of phenols is 1. The summed E-state index contributed by atoms with van der Waals surface area (Å²) in [5.74, 6) is -7.53. The zero-order chi connectivity index (χ0) is 36.2. The molecular formula is C38H35ClFN3O8. The monoisotopic (exact) mass is 715 g/mol. The van der Waals surface area contributed by atoms with E-state index in [0.717, 1.165) is 9.91 Å². The lowest BCUT2D eigenvalue weighted by molar-refractivity contribution is -0.142. The zero-order valence-electron chi connectivity index (χ0n) is 27.6. The van der Waals surface area contributed by atoms with E-state index in [9.17, 15) is 28.7 Å². The normalized spacial score (nSPS) is 26.8. The molecule has 0 spiro atoms. The molecule has 2 heterocycles. The van der Waals surface area contributed by atoms with Crippen LogP contribution in [0.4, 0.5) is 10.1 Å². The van der Waals surface area contributed by atoms with Crippen LogP contribution in [0.2, 0.25) is 5.02 Å². The van der Waals surface area contributed by atoms with Gasteiger partial charge in [-0.2, -0.15) is 5.01 Å². The van der Waals surface area contributed by atoms with E-state index in [2.05, 4.69) is 5.43 Å². The third kappa shape index (κ3) is 5.52. The Balaban J connectivity index is 1.41. The van der Waals surface area contributed by atoms with E-state index in [-0.39, 0.29) is 56.2 Å². The molecule has 264 valence electrons. The van der Waals surface area contributed by atoms with Gasteiger partial charge in [-0.1, -0.05) is 41.4 Å². The average molecular weight is 716 g/mol. The van der Waals surface area contributed by atoms with Crippen LogP contribution in [0.5, 0.6) is 11.5 Å². The topological polar surface area (TPSA) is 154 Å². The number of likely N-dealkylation sites (tertiary alicyclic amines) is 1. The Morgan fingerprint density at radius 1 is 1.00 bits per heavy atom. The maximum Gasteiger partial charge on any atom is 0.303 e. The number of carbonyl (C=O) groups is 5. The van der Waals surface area contributed by atoms with Gasteiger partial charge in [0, 0.05) is 23.9 Å². The number of amides is 4. The molecule has 51 heavy (non-hydrogen) atoms. The Bertz CT molecular complexity index is 1970. The van der Waals surface area contributed by atoms with Gasteiger partial charge in [0.05, 0.1) is 35.5 Å². The third-order valence-corrected chi connectivity index (χ3v) is 11.0. The van der Waals surface area contributed by atoms with Crippen molar-refractivity contribution in [1.82, 2.24) is 9.91 Å². The standard InChI is InChI=1S/C38H35ClFN3O8/c1-2-51-30-18-20(5-16-29(30)44)33-25-14-15-26-32(36(49)42(34(26)47)17-3-4-31(45)46)27(25)19-28-35(48)43(41-24-12-10-23(40)11-13-24)37(50)38(28,33)21-6-8-22(39)9-7-21/h5-14,16,18,26-28,32-33,41,44H,2-4,15,17,19H2,1H3,(H,45,46)/t26-,27+,28-,32-,33-,38+/m0/s1. The highest BCUT2D eigenvalue weighted by atomic mass is 35.5. The van der Waals surface area contributed by atoms with Crippen molar-refractivity contribution in [3.8, 4) is 11.5 Å². The third-order valence-electron chi connectivity index (χ3n) is 10.7. The van der Waals surface area contributed by atoms with Crippen molar-refractivity contribution < 1.29 is 43.3 Å². The number of aromatic hydroxyl groups is 1. The quantitative estimate of drug-likeness (QED) is 0.184. The maximum absolute atomic E-state index is 15.2. The van der Waals surface area contributed by atoms with Gasteiger partial charge in [-0.25, -0.2) is 4.39 Å². The summed E-state index contributed by atoms with van der Waals surface area (Å²) < 4.78 is 19.6. The van der Waals surface area contributed by atoms with E-state index in [1.165, 1.54) is 30.3 Å². The molecule has 0 unspecified atom stereocenters. The van der Waals surface area contributed by atoms with Gasteiger partial charge < -0.3 is 14.9 Å². The van der Waals surface area contributed by atoms with Crippen LogP contribution in [-0.4, -0.2) is 62.9 Å². The number of benzene rings is 3. The van der Waals surface area contributed by atoms with Crippen molar-refractivity contribution in [2.45, 2.75) is 43.9 Å². The second-order valence-electron chi connectivity index (χ2n) is 13.4. The molecule has 11 nitrogen and oxygen atoms in total. The zero-order valence-corrected chi connectivity index (χ0v) is 28.3. The number of nitrogens with one attached hydrogen (secondary N) is 1. The van der Waals surface area contributed by atoms with E-state index in [4.69, 9.17) is 21.4 Å². The SMILES string of the molecule is CCOc1cc([C@H]2C3=CC[C@@H]4C(=O)N(CCCC(=O)O)C(=O)[C@@H]4[C@@H]3C[C@H]3C(=O)N(Nc4ccc(F)cc4)C(=O)[C@@]23c2ccc(Cl)cc2)ccc1O. The smallest absolute Gasteiger partial charge is 0.303 e. The van der Waals surface area contributed by atoms with Gasteiger partial charge in [0.1, 0.15) is 5.82 Å². The first-order valence-electron chi connectivity index (χ1n) is 16.9. The Morgan fingerprint density at radius 3 is 2.41 bits per heavy atom. The van der Waals surface area contributed by atoms with Gasteiger partial charge in [0.2, 0.25) is 11.8 Å². The average Bonchev–Trinajstić information content (AvgIpc) is 3.47. The number of rotatable bonds is 10. The fraction of sp³-hybridized carbons (Fsp3) is 0.342. The molecule has 6 atom stereocenters. The Kier molecular flexibility index (Phi) is 8.82. The molecule has 0 bridgehead atoms. The van der Waals surface area contributed by atoms with E-state index in [1.54, 1.807) is 43.3 Å². The summed E-state index contributed by atoms with van der Waals surface area (Å²) in [6, 6.07) is 16.7. The van der Waals surface area contributed by atoms with Gasteiger partial charge >= 0.3 is 5.97 Å². The second-order valence-corrected chi connectivity index (χ2v) is 13.8. The number of anilines is 1. The number of hydrazine groups is 1. The summed E-state index contributed by atoms with van der Waals surface area (Å²) in [6.45, 7) is 1.97. The predicted octanol–water partition coefficient (Wildman–Crippen LogP) is 5.43. The lowest BCUT2D eigenvalue weighted by Gasteiger charge is -2.50. The van der Waals surface area contributed by atoms with Gasteiger partial charge in [-0.15, -0.1) is 0 Å². The molecule has 13 heteroatoms. The Labute approximate surface area is 297 Å². The first kappa shape index (κ1) is 34.2. The molecule has 4 aliphatic rings. The fourth-order valence-corrected chi connectivity index (χ4v) is 8.81. The molecule has 2 saturated heterocycles. The van der Waals surface area contributed by atoms with Crippen LogP contribution in [0.25, 0.3) is 0 Å². The highest BCUT2D eigenvalue weighted by Gasteiger charge is 2.70. The number of fused-ring (bicyclic) bond motifs is 4. The number of carboxylic acids is 1. The summed E-state index contributed by atoms with van der Waals surface area (Å²) in [6.07, 6.45) is 2.05. The number of aliphatic carboxylic acids is 1. The number of nitrogens with zero attached hydrogens (tertiary/aromatic N) is 2. The molecule has 7 rings (SSSR count). The van der Waals surface area contributed by atoms with Crippen LogP contribution in [0.15, 0.2) is 78.4 Å². The Hall–Kier alpha value is -5.23. The molecule has 2 aliphatic heterocycles. The second kappa shape index (κ2) is 13.1. The van der Waals surface area contributed by atoms with Gasteiger partial charge in [-0.05, 0) is 91.8 Å². The fourth-order valence-electron chi connectivity index (χ4n) is 8.69. The van der Waals surface area contributed by atoms with E-state index < -0.39 is 64.5 Å². The van der Waals surface area contributed by atoms with Gasteiger partial charge in [0.15, 0.2) is 11.5 Å². The number of hydrogen-bond acceptors (Lipinski definition) is 8. The number of phenolic OH excluding ortho intramolecular Hbond substituents is 1. The van der Waals surface area contributed by atoms with Crippen LogP contribution >= 0.6 is 11.6 Å². The number of carboxylic acid groups (broad SMARTS) is 1. The summed E-state index contributed by atoms with van der Waals surface area (Å²) >= 11 is 6.33. The van der Waals surface area contributed by atoms with Crippen molar-refractivity contribution in [3.05, 3.63) is 100 Å². The molecule has 2 aliphatic carbocycles. The molecule has 3 aromatic rings. The van der Waals surface area contributed by atoms with Crippen LogP contribution < -0.4 is 10.2 Å². The number of imide groups is 2. The minimum absolute atomic E-state index is 0.0386. The first-order valence-corrected chi connectivity index (χ1v) is 17.2. The first-order chi connectivity index (χ1) is 24.5. The number of ether oxygens (including phenoxy) is 1. The minimum Gasteiger partial charge on any atom is -0.504 e. The number of hydrogen-bond donors (Lipinski definition) is 3. The van der Waals surface area contributed by atoms with Gasteiger partial charge in [0.25, 0.3) is 11.8 Å². The lowest BCUT2D eigenvalue weighted by atomic mass is 9.49. The van der Waals surface area contributed by atoms with Crippen LogP contribution in [0.1, 0.15) is 49.7 Å². The molecule has 3 fully saturated rings. The largest absolute Gasteiger partial charge is 0.504 e. The van der Waals surface area contributed by atoms with E-state index >= 15 is 4.79 Å². The molecule has 4 amide bonds. The summed E-state index contributed by atoms with van der Waals surface area (Å²) in [5, 5.41) is 21.2. The molecular weight excluding hydrogens is 681 g/mol. The van der Waals surface area contributed by atoms with E-state index in [1.807, 2.05) is 6.08 Å². The van der Waals surface area contributed by atoms with Crippen molar-refractivity contribution in [2.75, 3.05) is 18.6 Å². The Morgan fingerprint density at radius 2 is 1.73 bits per heavy atom. The number of allylic oxidation sites excluding steroid dienone is 2. The predicted molar refractivity (Wildman–Crippen MR) is 182 cm³/mol. The molecule has 0 aromatic heterocycles. The minimum atomic E-state index is -1.59. The van der Waals surface area contributed by atoms with Crippen LogP contribution in [0, 0.1) is 29.5 Å². The molecule has 3 N–H and O–H groups in total. The van der Waals surface area contributed by atoms with Crippen molar-refractivity contribution in [3.63, 3.8) is 0 Å². The number of halogens is 2. The van der Waals surface area contributed by atoms with Crippen LogP contribution in [-0.2, 0) is 29.4 Å². The summed E-state index contributed by atoms with van der Waals surface area (Å²) in [7, 11) is 0. The van der Waals surface area contributed by atoms with Crippen molar-refractivity contribution >= 4 is 46.9 Å². The highest BCUT2D eigenvalue weighted by Crippen LogP contribution is 2.64. The maximum atomic E-state index is 15.2. The van der Waals surface area contributed by atoms with E-state index in [0.29, 0.717) is 27.4 Å². The van der Waals surface area contributed by atoms with Crippen LogP contribution in [0.3, 0.4) is 0 Å².